The highest BCUT2D eigenvalue weighted by Gasteiger charge is 2.28. The lowest BCUT2D eigenvalue weighted by molar-refractivity contribution is -0.138. The molecular formula is C14H21NO2. The molecule has 1 aromatic rings. The van der Waals surface area contributed by atoms with Gasteiger partial charge < -0.3 is 10.0 Å². The minimum absolute atomic E-state index is 0.138. The first kappa shape index (κ1) is 13.6. The average molecular weight is 235 g/mol. The maximum atomic E-state index is 11.0. The van der Waals surface area contributed by atoms with Gasteiger partial charge in [-0.15, -0.1) is 0 Å². The molecule has 0 radical (unpaired) electrons. The fourth-order valence-corrected chi connectivity index (χ4v) is 2.37. The third kappa shape index (κ3) is 2.99. The molecule has 0 amide bonds. The highest BCUT2D eigenvalue weighted by atomic mass is 16.4. The minimum atomic E-state index is -0.761. The number of aliphatic carboxylic acids is 1. The van der Waals surface area contributed by atoms with E-state index in [0.29, 0.717) is 0 Å². The van der Waals surface area contributed by atoms with Crippen molar-refractivity contribution >= 4 is 11.7 Å². The molecule has 0 aliphatic rings. The van der Waals surface area contributed by atoms with Crippen molar-refractivity contribution in [3.05, 3.63) is 29.3 Å². The summed E-state index contributed by atoms with van der Waals surface area (Å²) in [6.07, 6.45) is 0.138. The summed E-state index contributed by atoms with van der Waals surface area (Å²) in [5, 5.41) is 9.02. The van der Waals surface area contributed by atoms with Gasteiger partial charge in [-0.3, -0.25) is 4.79 Å². The Labute approximate surface area is 103 Å². The van der Waals surface area contributed by atoms with Gasteiger partial charge in [-0.05, 0) is 24.1 Å². The molecule has 0 aliphatic carbocycles. The number of hydrogen-bond donors (Lipinski definition) is 1. The van der Waals surface area contributed by atoms with Crippen molar-refractivity contribution in [1.82, 2.24) is 0 Å². The molecule has 94 valence electrons. The lowest BCUT2D eigenvalue weighted by Crippen LogP contribution is -2.26. The van der Waals surface area contributed by atoms with Crippen molar-refractivity contribution in [3.8, 4) is 0 Å². The average Bonchev–Trinajstić information content (AvgIpc) is 2.14. The summed E-state index contributed by atoms with van der Waals surface area (Å²) in [5.74, 6) is -0.761. The lowest BCUT2D eigenvalue weighted by Gasteiger charge is -2.30. The van der Waals surface area contributed by atoms with E-state index in [1.165, 1.54) is 0 Å². The third-order valence-electron chi connectivity index (χ3n) is 3.00. The minimum Gasteiger partial charge on any atom is -0.481 e. The normalized spacial score (nSPS) is 11.4. The first-order chi connectivity index (χ1) is 7.75. The van der Waals surface area contributed by atoms with E-state index >= 15 is 0 Å². The highest BCUT2D eigenvalue weighted by Crippen LogP contribution is 2.36. The number of carboxylic acids is 1. The molecule has 1 aromatic carbocycles. The van der Waals surface area contributed by atoms with Crippen molar-refractivity contribution in [2.24, 2.45) is 0 Å². The van der Waals surface area contributed by atoms with Crippen LogP contribution < -0.4 is 4.90 Å². The van der Waals surface area contributed by atoms with Crippen molar-refractivity contribution < 1.29 is 9.90 Å². The van der Waals surface area contributed by atoms with Gasteiger partial charge in [-0.1, -0.05) is 26.0 Å². The second kappa shape index (κ2) is 4.78. The quantitative estimate of drug-likeness (QED) is 0.872. The fraction of sp³-hybridized carbons (Fsp3) is 0.500. The van der Waals surface area contributed by atoms with Crippen LogP contribution in [-0.4, -0.2) is 25.2 Å². The maximum absolute atomic E-state index is 11.0. The lowest BCUT2D eigenvalue weighted by atomic mass is 9.78. The predicted octanol–water partition coefficient (Wildman–Crippen LogP) is 2.81. The van der Waals surface area contributed by atoms with Gasteiger partial charge in [0.05, 0.1) is 6.42 Å². The number of carbonyl (C=O) groups is 1. The van der Waals surface area contributed by atoms with E-state index in [0.717, 1.165) is 16.8 Å². The summed E-state index contributed by atoms with van der Waals surface area (Å²) >= 11 is 0. The smallest absolute Gasteiger partial charge is 0.304 e. The molecule has 0 aliphatic heterocycles. The van der Waals surface area contributed by atoms with E-state index in [1.54, 1.807) is 0 Å². The van der Waals surface area contributed by atoms with Crippen molar-refractivity contribution in [2.75, 3.05) is 19.0 Å². The Bertz CT molecular complexity index is 422. The Morgan fingerprint density at radius 2 is 1.94 bits per heavy atom. The van der Waals surface area contributed by atoms with E-state index in [4.69, 9.17) is 5.11 Å². The molecule has 0 saturated carbocycles. The summed E-state index contributed by atoms with van der Waals surface area (Å²) in [7, 11) is 3.96. The SMILES string of the molecule is Cc1cccc(N(C)C)c1C(C)(C)CC(=O)O. The van der Waals surface area contributed by atoms with Crippen LogP contribution in [0.2, 0.25) is 0 Å². The first-order valence-electron chi connectivity index (χ1n) is 5.75. The van der Waals surface area contributed by atoms with E-state index < -0.39 is 5.97 Å². The molecule has 0 spiro atoms. The molecule has 17 heavy (non-hydrogen) atoms. The highest BCUT2D eigenvalue weighted by molar-refractivity contribution is 5.71. The van der Waals surface area contributed by atoms with E-state index in [2.05, 4.69) is 0 Å². The van der Waals surface area contributed by atoms with E-state index in [1.807, 2.05) is 58.0 Å². The molecule has 0 heterocycles. The molecule has 0 bridgehead atoms. The standard InChI is InChI=1S/C14H21NO2/c1-10-7-6-8-11(15(4)5)13(10)14(2,3)9-12(16)17/h6-8H,9H2,1-5H3,(H,16,17). The molecule has 1 N–H and O–H groups in total. The third-order valence-corrected chi connectivity index (χ3v) is 3.00. The summed E-state index contributed by atoms with van der Waals surface area (Å²) in [5.41, 5.74) is 2.99. The van der Waals surface area contributed by atoms with Crippen LogP contribution in [0.3, 0.4) is 0 Å². The van der Waals surface area contributed by atoms with Gasteiger partial charge in [0.25, 0.3) is 0 Å². The van der Waals surface area contributed by atoms with Crippen LogP contribution in [-0.2, 0) is 10.2 Å². The number of anilines is 1. The molecule has 1 rings (SSSR count). The summed E-state index contributed by atoms with van der Waals surface area (Å²) in [6.45, 7) is 6.00. The summed E-state index contributed by atoms with van der Waals surface area (Å²) in [6, 6.07) is 6.07. The predicted molar refractivity (Wildman–Crippen MR) is 70.8 cm³/mol. The van der Waals surface area contributed by atoms with Gasteiger partial charge in [-0.2, -0.15) is 0 Å². The van der Waals surface area contributed by atoms with Crippen LogP contribution in [0.25, 0.3) is 0 Å². The van der Waals surface area contributed by atoms with Crippen molar-refractivity contribution in [3.63, 3.8) is 0 Å². The Kier molecular flexibility index (Phi) is 3.81. The zero-order chi connectivity index (χ0) is 13.2. The molecule has 3 nitrogen and oxygen atoms in total. The Morgan fingerprint density at radius 3 is 2.41 bits per heavy atom. The number of aryl methyl sites for hydroxylation is 1. The van der Waals surface area contributed by atoms with Gasteiger partial charge in [0.15, 0.2) is 0 Å². The molecule has 0 fully saturated rings. The topological polar surface area (TPSA) is 40.5 Å². The van der Waals surface area contributed by atoms with Crippen LogP contribution in [0, 0.1) is 6.92 Å². The van der Waals surface area contributed by atoms with Crippen LogP contribution in [0.5, 0.6) is 0 Å². The number of carboxylic acid groups (broad SMARTS) is 1. The molecule has 0 atom stereocenters. The number of benzene rings is 1. The summed E-state index contributed by atoms with van der Waals surface area (Å²) < 4.78 is 0. The second-order valence-corrected chi connectivity index (χ2v) is 5.32. The van der Waals surface area contributed by atoms with Gasteiger partial charge in [0.1, 0.15) is 0 Å². The van der Waals surface area contributed by atoms with Crippen LogP contribution >= 0.6 is 0 Å². The molecular weight excluding hydrogens is 214 g/mol. The largest absolute Gasteiger partial charge is 0.481 e. The van der Waals surface area contributed by atoms with Crippen LogP contribution in [0.4, 0.5) is 5.69 Å². The first-order valence-corrected chi connectivity index (χ1v) is 5.75. The Hall–Kier alpha value is -1.51. The second-order valence-electron chi connectivity index (χ2n) is 5.32. The van der Waals surface area contributed by atoms with E-state index in [-0.39, 0.29) is 11.8 Å². The van der Waals surface area contributed by atoms with Crippen molar-refractivity contribution in [1.29, 1.82) is 0 Å². The van der Waals surface area contributed by atoms with Gasteiger partial charge in [-0.25, -0.2) is 0 Å². The molecule has 0 saturated heterocycles. The van der Waals surface area contributed by atoms with Gasteiger partial charge >= 0.3 is 5.97 Å². The van der Waals surface area contributed by atoms with Crippen LogP contribution in [0.1, 0.15) is 31.4 Å². The zero-order valence-electron chi connectivity index (χ0n) is 11.2. The number of nitrogens with zero attached hydrogens (tertiary/aromatic N) is 1. The molecule has 0 aromatic heterocycles. The fourth-order valence-electron chi connectivity index (χ4n) is 2.37. The molecule has 3 heteroatoms. The number of rotatable bonds is 4. The Balaban J connectivity index is 3.32. The Morgan fingerprint density at radius 1 is 1.35 bits per heavy atom. The zero-order valence-corrected chi connectivity index (χ0v) is 11.2. The maximum Gasteiger partial charge on any atom is 0.304 e. The summed E-state index contributed by atoms with van der Waals surface area (Å²) in [4.78, 5) is 13.0. The molecule has 0 unspecified atom stereocenters. The monoisotopic (exact) mass is 235 g/mol. The van der Waals surface area contributed by atoms with Gasteiger partial charge in [0, 0.05) is 25.2 Å². The van der Waals surface area contributed by atoms with Crippen molar-refractivity contribution in [2.45, 2.75) is 32.6 Å². The number of hydrogen-bond acceptors (Lipinski definition) is 2. The van der Waals surface area contributed by atoms with Gasteiger partial charge in [0.2, 0.25) is 0 Å². The van der Waals surface area contributed by atoms with Crippen LogP contribution in [0.15, 0.2) is 18.2 Å². The van der Waals surface area contributed by atoms with E-state index in [9.17, 15) is 4.79 Å².